The molecule has 1 aromatic heterocycles. The number of hydrogen-bond acceptors (Lipinski definition) is 4. The minimum absolute atomic E-state index is 0.293. The van der Waals surface area contributed by atoms with E-state index < -0.39 is 48.3 Å². The third kappa shape index (κ3) is 4.93. The lowest BCUT2D eigenvalue weighted by Crippen LogP contribution is -2.41. The van der Waals surface area contributed by atoms with Gasteiger partial charge in [0.2, 0.25) is 0 Å². The molecule has 2 aliphatic heterocycles. The molecule has 0 bridgehead atoms. The van der Waals surface area contributed by atoms with Crippen molar-refractivity contribution >= 4 is 47.0 Å². The van der Waals surface area contributed by atoms with Crippen molar-refractivity contribution < 1.29 is 27.4 Å². The molecule has 0 aliphatic carbocycles. The van der Waals surface area contributed by atoms with Crippen LogP contribution in [0.25, 0.3) is 27.5 Å². The van der Waals surface area contributed by atoms with Gasteiger partial charge in [-0.3, -0.25) is 0 Å². The Labute approximate surface area is 254 Å². The van der Waals surface area contributed by atoms with Crippen molar-refractivity contribution in [2.45, 2.75) is 104 Å². The van der Waals surface area contributed by atoms with Gasteiger partial charge in [0.25, 0.3) is 0 Å². The Morgan fingerprint density at radius 1 is 0.628 bits per heavy atom. The van der Waals surface area contributed by atoms with Crippen molar-refractivity contribution in [3.63, 3.8) is 0 Å². The molecular formula is C34H41B2F2NO4. The van der Waals surface area contributed by atoms with Crippen LogP contribution in [0.1, 0.15) is 80.7 Å². The van der Waals surface area contributed by atoms with Crippen LogP contribution < -0.4 is 10.9 Å². The zero-order chi connectivity index (χ0) is 31.1. The van der Waals surface area contributed by atoms with E-state index in [9.17, 15) is 0 Å². The Bertz CT molecular complexity index is 1580. The normalized spacial score (nSPS) is 20.5. The SMILES string of the molecule is CCCCc1ccc(-n2c3c(F)cc(B4OC(C)(C)C(C)(C)O4)cc3c3cc(B4OC(C)(C)C(C)(C)O4)cc(F)c32)cc1. The summed E-state index contributed by atoms with van der Waals surface area (Å²) in [5.74, 6) is -0.963. The first kappa shape index (κ1) is 30.3. The van der Waals surface area contributed by atoms with Gasteiger partial charge < -0.3 is 23.2 Å². The maximum atomic E-state index is 16.3. The van der Waals surface area contributed by atoms with Crippen molar-refractivity contribution in [3.8, 4) is 5.69 Å². The second kappa shape index (κ2) is 10.2. The minimum atomic E-state index is -0.767. The van der Waals surface area contributed by atoms with Crippen LogP contribution in [0.3, 0.4) is 0 Å². The highest BCUT2D eigenvalue weighted by Crippen LogP contribution is 2.40. The van der Waals surface area contributed by atoms with Crippen LogP contribution in [0.2, 0.25) is 0 Å². The zero-order valence-corrected chi connectivity index (χ0v) is 26.7. The summed E-state index contributed by atoms with van der Waals surface area (Å²) in [7, 11) is -1.53. The third-order valence-electron chi connectivity index (χ3n) is 9.97. The summed E-state index contributed by atoms with van der Waals surface area (Å²) in [4.78, 5) is 0. The van der Waals surface area contributed by atoms with Gasteiger partial charge in [0.05, 0.1) is 33.4 Å². The summed E-state index contributed by atoms with van der Waals surface area (Å²) in [5.41, 5.74) is 1.18. The lowest BCUT2D eigenvalue weighted by molar-refractivity contribution is 0.00578. The molecule has 2 aliphatic rings. The van der Waals surface area contributed by atoms with Crippen LogP contribution >= 0.6 is 0 Å². The first-order chi connectivity index (χ1) is 20.0. The number of nitrogens with zero attached hydrogens (tertiary/aromatic N) is 1. The van der Waals surface area contributed by atoms with Crippen LogP contribution in [0, 0.1) is 11.6 Å². The van der Waals surface area contributed by atoms with E-state index in [4.69, 9.17) is 18.6 Å². The van der Waals surface area contributed by atoms with E-state index in [0.717, 1.165) is 19.3 Å². The first-order valence-electron chi connectivity index (χ1n) is 15.3. The Morgan fingerprint density at radius 2 is 1.02 bits per heavy atom. The summed E-state index contributed by atoms with van der Waals surface area (Å²) in [6.45, 7) is 17.9. The van der Waals surface area contributed by atoms with E-state index in [1.165, 1.54) is 17.7 Å². The van der Waals surface area contributed by atoms with Gasteiger partial charge in [-0.1, -0.05) is 37.6 Å². The van der Waals surface area contributed by atoms with Crippen molar-refractivity contribution in [2.75, 3.05) is 0 Å². The first-order valence-corrected chi connectivity index (χ1v) is 15.3. The van der Waals surface area contributed by atoms with Gasteiger partial charge in [0.1, 0.15) is 11.6 Å². The molecule has 226 valence electrons. The summed E-state index contributed by atoms with van der Waals surface area (Å²) < 4.78 is 59.4. The molecule has 0 spiro atoms. The predicted molar refractivity (Wildman–Crippen MR) is 171 cm³/mol. The average molecular weight is 587 g/mol. The number of unbranched alkanes of at least 4 members (excludes halogenated alkanes) is 1. The van der Waals surface area contributed by atoms with E-state index in [2.05, 4.69) is 6.92 Å². The van der Waals surface area contributed by atoms with Gasteiger partial charge in [-0.05, 0) is 109 Å². The van der Waals surface area contributed by atoms with Gasteiger partial charge in [0.15, 0.2) is 0 Å². The molecule has 0 atom stereocenters. The number of benzene rings is 3. The number of aromatic nitrogens is 1. The standard InChI is InChI=1S/C34H41B2F2NO4/c1-10-11-12-21-13-15-24(16-14-21)39-29-25(17-22(19-27(29)37)35-40-31(2,3)32(4,5)41-35)26-18-23(20-28(38)30(26)39)36-42-33(6,7)34(8,9)43-36/h13-20H,10-12H2,1-9H3. The maximum Gasteiger partial charge on any atom is 0.494 e. The van der Waals surface area contributed by atoms with Crippen molar-refractivity contribution in [2.24, 2.45) is 0 Å². The Hall–Kier alpha value is -2.71. The van der Waals surface area contributed by atoms with Gasteiger partial charge in [-0.15, -0.1) is 0 Å². The highest BCUT2D eigenvalue weighted by Gasteiger charge is 2.53. The number of rotatable bonds is 6. The smallest absolute Gasteiger partial charge is 0.399 e. The Balaban J connectivity index is 1.57. The second-order valence-electron chi connectivity index (χ2n) is 14.1. The molecule has 6 rings (SSSR count). The van der Waals surface area contributed by atoms with E-state index in [0.29, 0.717) is 38.4 Å². The fourth-order valence-electron chi connectivity index (χ4n) is 5.90. The molecule has 3 aromatic carbocycles. The van der Waals surface area contributed by atoms with Gasteiger partial charge in [0, 0.05) is 16.5 Å². The maximum absolute atomic E-state index is 16.3. The molecule has 0 saturated carbocycles. The van der Waals surface area contributed by atoms with Crippen LogP contribution in [0.4, 0.5) is 8.78 Å². The molecule has 2 fully saturated rings. The highest BCUT2D eigenvalue weighted by molar-refractivity contribution is 6.63. The van der Waals surface area contributed by atoms with E-state index >= 15 is 8.78 Å². The lowest BCUT2D eigenvalue weighted by Gasteiger charge is -2.32. The molecule has 2 saturated heterocycles. The van der Waals surface area contributed by atoms with E-state index in [1.54, 1.807) is 4.57 Å². The molecular weight excluding hydrogens is 546 g/mol. The number of aryl methyl sites for hydroxylation is 1. The molecule has 0 unspecified atom stereocenters. The molecule has 0 radical (unpaired) electrons. The van der Waals surface area contributed by atoms with Gasteiger partial charge >= 0.3 is 14.2 Å². The van der Waals surface area contributed by atoms with Crippen LogP contribution in [-0.2, 0) is 25.0 Å². The largest absolute Gasteiger partial charge is 0.494 e. The molecule has 0 N–H and O–H groups in total. The number of hydrogen-bond donors (Lipinski definition) is 0. The molecule has 0 amide bonds. The molecule has 9 heteroatoms. The average Bonchev–Trinajstić information content (AvgIpc) is 3.45. The summed E-state index contributed by atoms with van der Waals surface area (Å²) in [6.07, 6.45) is 3.14. The van der Waals surface area contributed by atoms with E-state index in [1.807, 2.05) is 91.8 Å². The molecule has 3 heterocycles. The van der Waals surface area contributed by atoms with Crippen molar-refractivity contribution in [1.29, 1.82) is 0 Å². The monoisotopic (exact) mass is 587 g/mol. The van der Waals surface area contributed by atoms with Crippen LogP contribution in [-0.4, -0.2) is 41.2 Å². The Kier molecular flexibility index (Phi) is 7.17. The summed E-state index contributed by atoms with van der Waals surface area (Å²) >= 11 is 0. The quantitative estimate of drug-likeness (QED) is 0.228. The van der Waals surface area contributed by atoms with Crippen LogP contribution in [0.15, 0.2) is 48.5 Å². The van der Waals surface area contributed by atoms with E-state index in [-0.39, 0.29) is 0 Å². The second-order valence-corrected chi connectivity index (χ2v) is 14.1. The van der Waals surface area contributed by atoms with Crippen molar-refractivity contribution in [3.05, 3.63) is 65.7 Å². The van der Waals surface area contributed by atoms with Crippen LogP contribution in [0.5, 0.6) is 0 Å². The fourth-order valence-corrected chi connectivity index (χ4v) is 5.90. The highest BCUT2D eigenvalue weighted by atomic mass is 19.1. The summed E-state index contributed by atoms with van der Waals surface area (Å²) in [5, 5.41) is 1.12. The Morgan fingerprint density at radius 3 is 1.40 bits per heavy atom. The third-order valence-corrected chi connectivity index (χ3v) is 9.97. The number of halogens is 2. The van der Waals surface area contributed by atoms with Gasteiger partial charge in [-0.2, -0.15) is 0 Å². The predicted octanol–water partition coefficient (Wildman–Crippen LogP) is 7.00. The zero-order valence-electron chi connectivity index (χ0n) is 26.7. The molecule has 43 heavy (non-hydrogen) atoms. The summed E-state index contributed by atoms with van der Waals surface area (Å²) in [6, 6.07) is 14.6. The topological polar surface area (TPSA) is 41.9 Å². The van der Waals surface area contributed by atoms with Crippen molar-refractivity contribution in [1.82, 2.24) is 4.57 Å². The molecule has 4 aromatic rings. The fraction of sp³-hybridized carbons (Fsp3) is 0.471. The van der Waals surface area contributed by atoms with Gasteiger partial charge in [-0.25, -0.2) is 8.78 Å². The lowest BCUT2D eigenvalue weighted by atomic mass is 9.77. The minimum Gasteiger partial charge on any atom is -0.399 e. The molecule has 5 nitrogen and oxygen atoms in total. The number of fused-ring (bicyclic) bond motifs is 3.